The van der Waals surface area contributed by atoms with E-state index in [2.05, 4.69) is 38.8 Å². The number of carbonyl (C=O) groups is 2. The number of hydrogen-bond donors (Lipinski definition) is 3. The lowest BCUT2D eigenvalue weighted by molar-refractivity contribution is -0.118. The van der Waals surface area contributed by atoms with E-state index in [0.717, 1.165) is 17.3 Å². The third-order valence-electron chi connectivity index (χ3n) is 4.69. The van der Waals surface area contributed by atoms with Crippen LogP contribution < -0.4 is 25.4 Å². The molecule has 0 unspecified atom stereocenters. The summed E-state index contributed by atoms with van der Waals surface area (Å²) in [5.41, 5.74) is 1.54. The summed E-state index contributed by atoms with van der Waals surface area (Å²) in [5.74, 6) is 0.415. The zero-order valence-corrected chi connectivity index (χ0v) is 21.6. The van der Waals surface area contributed by atoms with Crippen LogP contribution in [-0.4, -0.2) is 30.1 Å². The zero-order chi connectivity index (χ0) is 25.0. The summed E-state index contributed by atoms with van der Waals surface area (Å²) in [4.78, 5) is 25.1. The normalized spacial score (nSPS) is 10.2. The number of rotatable bonds is 10. The highest BCUT2D eigenvalue weighted by Crippen LogP contribution is 2.24. The minimum atomic E-state index is -0.391. The molecule has 0 bridgehead atoms. The van der Waals surface area contributed by atoms with Gasteiger partial charge >= 0.3 is 0 Å². The fraction of sp³-hybridized carbons (Fsp3) is 0.192. The van der Waals surface area contributed by atoms with Crippen LogP contribution in [0.2, 0.25) is 0 Å². The van der Waals surface area contributed by atoms with Crippen LogP contribution in [0, 0.1) is 0 Å². The van der Waals surface area contributed by atoms with Crippen molar-refractivity contribution in [3.63, 3.8) is 0 Å². The van der Waals surface area contributed by atoms with Crippen LogP contribution >= 0.6 is 28.1 Å². The summed E-state index contributed by atoms with van der Waals surface area (Å²) in [6.45, 7) is 2.48. The number of thiocarbonyl (C=S) groups is 1. The van der Waals surface area contributed by atoms with Crippen LogP contribution in [0.5, 0.6) is 11.5 Å². The lowest BCUT2D eigenvalue weighted by Gasteiger charge is -2.14. The Morgan fingerprint density at radius 1 is 0.914 bits per heavy atom. The van der Waals surface area contributed by atoms with Crippen LogP contribution in [-0.2, 0) is 4.79 Å². The van der Waals surface area contributed by atoms with Crippen LogP contribution in [0.4, 0.5) is 11.4 Å². The average molecular weight is 556 g/mol. The molecule has 2 amide bonds. The van der Waals surface area contributed by atoms with Gasteiger partial charge in [-0.25, -0.2) is 0 Å². The molecule has 3 aromatic rings. The van der Waals surface area contributed by atoms with Gasteiger partial charge in [0.25, 0.3) is 11.8 Å². The van der Waals surface area contributed by atoms with E-state index in [9.17, 15) is 9.59 Å². The number of unbranched alkanes of at least 4 members (excludes halogenated alkanes) is 1. The predicted molar refractivity (Wildman–Crippen MR) is 145 cm³/mol. The summed E-state index contributed by atoms with van der Waals surface area (Å²) in [7, 11) is 0. The van der Waals surface area contributed by atoms with E-state index in [1.54, 1.807) is 48.5 Å². The highest BCUT2D eigenvalue weighted by Gasteiger charge is 2.15. The number of benzene rings is 3. The summed E-state index contributed by atoms with van der Waals surface area (Å²) in [5, 5.41) is 8.53. The second-order valence-electron chi connectivity index (χ2n) is 7.48. The summed E-state index contributed by atoms with van der Waals surface area (Å²) < 4.78 is 12.0. The summed E-state index contributed by atoms with van der Waals surface area (Å²) >= 11 is 8.71. The average Bonchev–Trinajstić information content (AvgIpc) is 2.84. The smallest absolute Gasteiger partial charge is 0.262 e. The van der Waals surface area contributed by atoms with Gasteiger partial charge in [0, 0.05) is 15.8 Å². The first-order valence-corrected chi connectivity index (χ1v) is 12.3. The molecule has 182 valence electrons. The van der Waals surface area contributed by atoms with Gasteiger partial charge in [0.15, 0.2) is 11.7 Å². The first-order chi connectivity index (χ1) is 16.9. The SMILES string of the molecule is CCCCOc1ccc(Br)cc1C(=O)NC(=S)Nc1cccc(NC(=O)COc2ccccc2)c1. The molecule has 35 heavy (non-hydrogen) atoms. The Bertz CT molecular complexity index is 1170. The Morgan fingerprint density at radius 3 is 2.40 bits per heavy atom. The fourth-order valence-electron chi connectivity index (χ4n) is 3.00. The number of hydrogen-bond acceptors (Lipinski definition) is 5. The molecule has 0 saturated carbocycles. The van der Waals surface area contributed by atoms with Gasteiger partial charge < -0.3 is 20.1 Å². The highest BCUT2D eigenvalue weighted by molar-refractivity contribution is 9.10. The number of para-hydroxylation sites is 1. The van der Waals surface area contributed by atoms with Crippen LogP contribution in [0.15, 0.2) is 77.3 Å². The predicted octanol–water partition coefficient (Wildman–Crippen LogP) is 5.77. The van der Waals surface area contributed by atoms with Gasteiger partial charge in [0.1, 0.15) is 11.5 Å². The van der Waals surface area contributed by atoms with E-state index < -0.39 is 5.91 Å². The van der Waals surface area contributed by atoms with E-state index in [-0.39, 0.29) is 17.6 Å². The largest absolute Gasteiger partial charge is 0.493 e. The molecule has 3 rings (SSSR count). The van der Waals surface area contributed by atoms with Crippen molar-refractivity contribution >= 4 is 56.4 Å². The van der Waals surface area contributed by atoms with Crippen molar-refractivity contribution in [2.45, 2.75) is 19.8 Å². The van der Waals surface area contributed by atoms with E-state index in [4.69, 9.17) is 21.7 Å². The molecule has 0 heterocycles. The quantitative estimate of drug-likeness (QED) is 0.217. The lowest BCUT2D eigenvalue weighted by Crippen LogP contribution is -2.34. The Kier molecular flexibility index (Phi) is 10.1. The molecule has 0 fully saturated rings. The second kappa shape index (κ2) is 13.5. The van der Waals surface area contributed by atoms with Crippen LogP contribution in [0.3, 0.4) is 0 Å². The molecule has 3 N–H and O–H groups in total. The van der Waals surface area contributed by atoms with Gasteiger partial charge in [-0.1, -0.05) is 53.5 Å². The van der Waals surface area contributed by atoms with Gasteiger partial charge in [-0.2, -0.15) is 0 Å². The van der Waals surface area contributed by atoms with Crippen molar-refractivity contribution in [3.05, 3.63) is 82.8 Å². The monoisotopic (exact) mass is 555 g/mol. The Labute approximate surface area is 218 Å². The molecule has 0 aliphatic heterocycles. The second-order valence-corrected chi connectivity index (χ2v) is 8.81. The number of nitrogens with one attached hydrogen (secondary N) is 3. The minimum Gasteiger partial charge on any atom is -0.493 e. The molecule has 9 heteroatoms. The molecular weight excluding hydrogens is 530 g/mol. The molecule has 7 nitrogen and oxygen atoms in total. The Balaban J connectivity index is 1.56. The molecule has 0 spiro atoms. The molecule has 0 aliphatic carbocycles. The third kappa shape index (κ3) is 8.70. The van der Waals surface area contributed by atoms with Crippen molar-refractivity contribution in [1.29, 1.82) is 0 Å². The Morgan fingerprint density at radius 2 is 1.66 bits per heavy atom. The molecule has 3 aromatic carbocycles. The first-order valence-electron chi connectivity index (χ1n) is 11.1. The van der Waals surface area contributed by atoms with E-state index in [1.165, 1.54) is 0 Å². The van der Waals surface area contributed by atoms with Gasteiger partial charge in [-0.05, 0) is 67.2 Å². The summed E-state index contributed by atoms with van der Waals surface area (Å²) in [6.07, 6.45) is 1.88. The minimum absolute atomic E-state index is 0.116. The number of halogens is 1. The molecule has 0 radical (unpaired) electrons. The highest BCUT2D eigenvalue weighted by atomic mass is 79.9. The molecule has 0 atom stereocenters. The van der Waals surface area contributed by atoms with Gasteiger partial charge in [0.05, 0.1) is 12.2 Å². The molecule has 0 aliphatic rings. The van der Waals surface area contributed by atoms with Gasteiger partial charge in [-0.15, -0.1) is 0 Å². The molecule has 0 saturated heterocycles. The third-order valence-corrected chi connectivity index (χ3v) is 5.38. The molecular formula is C26H26BrN3O4S. The van der Waals surface area contributed by atoms with Crippen LogP contribution in [0.1, 0.15) is 30.1 Å². The van der Waals surface area contributed by atoms with Gasteiger partial charge in [-0.3, -0.25) is 14.9 Å². The number of ether oxygens (including phenoxy) is 2. The van der Waals surface area contributed by atoms with Crippen LogP contribution in [0.25, 0.3) is 0 Å². The van der Waals surface area contributed by atoms with E-state index >= 15 is 0 Å². The van der Waals surface area contributed by atoms with Crippen molar-refractivity contribution in [1.82, 2.24) is 5.32 Å². The lowest BCUT2D eigenvalue weighted by atomic mass is 10.2. The number of amides is 2. The fourth-order valence-corrected chi connectivity index (χ4v) is 3.57. The number of carbonyl (C=O) groups excluding carboxylic acids is 2. The Hall–Kier alpha value is -3.43. The zero-order valence-electron chi connectivity index (χ0n) is 19.2. The van der Waals surface area contributed by atoms with Crippen molar-refractivity contribution in [2.24, 2.45) is 0 Å². The topological polar surface area (TPSA) is 88.7 Å². The standard InChI is InChI=1S/C26H26BrN3O4S/c1-2-3-14-33-23-13-12-18(27)15-22(23)25(32)30-26(35)29-20-9-7-8-19(16-20)28-24(31)17-34-21-10-5-4-6-11-21/h4-13,15-16H,2-3,14,17H2,1H3,(H,28,31)(H2,29,30,32,35). The maximum atomic E-state index is 12.8. The number of anilines is 2. The van der Waals surface area contributed by atoms with Crippen molar-refractivity contribution in [2.75, 3.05) is 23.8 Å². The maximum absolute atomic E-state index is 12.8. The van der Waals surface area contributed by atoms with E-state index in [0.29, 0.717) is 35.0 Å². The van der Waals surface area contributed by atoms with Crippen molar-refractivity contribution in [3.8, 4) is 11.5 Å². The van der Waals surface area contributed by atoms with E-state index in [1.807, 2.05) is 24.3 Å². The maximum Gasteiger partial charge on any atom is 0.262 e. The first kappa shape index (κ1) is 26.2. The summed E-state index contributed by atoms with van der Waals surface area (Å²) in [6, 6.07) is 21.3. The van der Waals surface area contributed by atoms with Crippen molar-refractivity contribution < 1.29 is 19.1 Å². The van der Waals surface area contributed by atoms with Gasteiger partial charge in [0.2, 0.25) is 0 Å². The molecule has 0 aromatic heterocycles.